The minimum Gasteiger partial charge on any atom is -0.497 e. The number of rotatable bonds is 8. The molecule has 0 saturated carbocycles. The normalized spacial score (nSPS) is 22.6. The average molecular weight is 376 g/mol. The first kappa shape index (κ1) is 20.0. The highest BCUT2D eigenvalue weighted by molar-refractivity contribution is 5.80. The Hall–Kier alpha value is -1.79. The summed E-state index contributed by atoms with van der Waals surface area (Å²) in [4.78, 5) is 7.21. The molecular weight excluding hydrogens is 342 g/mol. The Balaban J connectivity index is 1.38. The van der Waals surface area contributed by atoms with Gasteiger partial charge in [-0.05, 0) is 43.9 Å². The van der Waals surface area contributed by atoms with Gasteiger partial charge in [-0.2, -0.15) is 0 Å². The number of hydrogen-bond acceptors (Lipinski definition) is 4. The molecule has 0 aromatic heterocycles. The van der Waals surface area contributed by atoms with Crippen LogP contribution >= 0.6 is 0 Å². The molecule has 0 amide bonds. The molecule has 150 valence electrons. The van der Waals surface area contributed by atoms with E-state index in [-0.39, 0.29) is 0 Å². The van der Waals surface area contributed by atoms with E-state index < -0.39 is 0 Å². The zero-order valence-electron chi connectivity index (χ0n) is 16.7. The lowest BCUT2D eigenvalue weighted by atomic mass is 9.87. The molecule has 1 spiro atoms. The van der Waals surface area contributed by atoms with Crippen molar-refractivity contribution in [3.8, 4) is 5.75 Å². The molecule has 2 saturated heterocycles. The van der Waals surface area contributed by atoms with Gasteiger partial charge in [-0.25, -0.2) is 0 Å². The van der Waals surface area contributed by atoms with Gasteiger partial charge in [0.25, 0.3) is 0 Å². The summed E-state index contributed by atoms with van der Waals surface area (Å²) in [5, 5.41) is 3.44. The number of methoxy groups -OCH3 is 1. The van der Waals surface area contributed by atoms with E-state index in [2.05, 4.69) is 17.1 Å². The van der Waals surface area contributed by atoms with E-state index in [1.807, 2.05) is 24.3 Å². The summed E-state index contributed by atoms with van der Waals surface area (Å²) in [7, 11) is 1.68. The molecule has 2 heterocycles. The van der Waals surface area contributed by atoms with Crippen molar-refractivity contribution in [2.45, 2.75) is 32.8 Å². The lowest BCUT2D eigenvalue weighted by Gasteiger charge is -2.25. The number of likely N-dealkylation sites (tertiary alicyclic amines) is 1. The largest absolute Gasteiger partial charge is 0.497 e. The van der Waals surface area contributed by atoms with Crippen LogP contribution in [0.4, 0.5) is 0 Å². The van der Waals surface area contributed by atoms with Crippen LogP contribution in [0.15, 0.2) is 29.3 Å². The maximum atomic E-state index is 5.78. The van der Waals surface area contributed by atoms with Crippen LogP contribution in [-0.4, -0.2) is 64.0 Å². The molecule has 0 bridgehead atoms. The van der Waals surface area contributed by atoms with Gasteiger partial charge < -0.3 is 24.4 Å². The van der Waals surface area contributed by atoms with Gasteiger partial charge in [0.1, 0.15) is 5.75 Å². The number of hydrogen-bond donors (Lipinski definition) is 1. The SMILES string of the molecule is CCNC(=NCCCOCc1ccc(OC)cc1)N1CCC2(CCOC2)C1. The number of benzene rings is 1. The van der Waals surface area contributed by atoms with Crippen molar-refractivity contribution in [3.05, 3.63) is 29.8 Å². The van der Waals surface area contributed by atoms with E-state index in [0.29, 0.717) is 18.6 Å². The molecule has 1 N–H and O–H groups in total. The predicted octanol–water partition coefficient (Wildman–Crippen LogP) is 2.68. The molecule has 1 aromatic rings. The molecule has 2 fully saturated rings. The molecule has 27 heavy (non-hydrogen) atoms. The van der Waals surface area contributed by atoms with Gasteiger partial charge in [-0.1, -0.05) is 12.1 Å². The molecule has 3 rings (SSSR count). The fraction of sp³-hybridized carbons (Fsp3) is 0.667. The van der Waals surface area contributed by atoms with Crippen molar-refractivity contribution >= 4 is 5.96 Å². The molecule has 2 aliphatic heterocycles. The standard InChI is InChI=1S/C21H33N3O3/c1-3-22-20(24-12-9-21(16-24)10-14-27-17-21)23-11-4-13-26-15-18-5-7-19(25-2)8-6-18/h5-8H,3-4,9-17H2,1-2H3,(H,22,23). The van der Waals surface area contributed by atoms with Gasteiger partial charge in [0.05, 0.1) is 20.3 Å². The summed E-state index contributed by atoms with van der Waals surface area (Å²) in [6.07, 6.45) is 3.32. The topological polar surface area (TPSA) is 55.3 Å². The first-order valence-corrected chi connectivity index (χ1v) is 10.1. The van der Waals surface area contributed by atoms with Crippen LogP contribution in [0, 0.1) is 5.41 Å². The van der Waals surface area contributed by atoms with Gasteiger partial charge in [0.15, 0.2) is 5.96 Å². The number of ether oxygens (including phenoxy) is 3. The maximum absolute atomic E-state index is 5.78. The van der Waals surface area contributed by atoms with E-state index in [4.69, 9.17) is 19.2 Å². The van der Waals surface area contributed by atoms with Gasteiger partial charge in [-0.15, -0.1) is 0 Å². The van der Waals surface area contributed by atoms with Gasteiger partial charge >= 0.3 is 0 Å². The predicted molar refractivity (Wildman–Crippen MR) is 107 cm³/mol. The second-order valence-corrected chi connectivity index (χ2v) is 7.46. The van der Waals surface area contributed by atoms with Gasteiger partial charge in [-0.3, -0.25) is 4.99 Å². The molecule has 1 unspecified atom stereocenters. The minimum absolute atomic E-state index is 0.359. The Morgan fingerprint density at radius 1 is 1.30 bits per heavy atom. The smallest absolute Gasteiger partial charge is 0.193 e. The molecule has 1 atom stereocenters. The summed E-state index contributed by atoms with van der Waals surface area (Å²) in [6.45, 7) is 9.09. The third-order valence-electron chi connectivity index (χ3n) is 5.39. The van der Waals surface area contributed by atoms with Crippen molar-refractivity contribution in [1.82, 2.24) is 10.2 Å². The monoisotopic (exact) mass is 375 g/mol. The van der Waals surface area contributed by atoms with E-state index in [0.717, 1.165) is 63.1 Å². The molecule has 6 nitrogen and oxygen atoms in total. The van der Waals surface area contributed by atoms with Crippen LogP contribution in [0.5, 0.6) is 5.75 Å². The Bertz CT molecular complexity index is 597. The second-order valence-electron chi connectivity index (χ2n) is 7.46. The first-order valence-electron chi connectivity index (χ1n) is 10.1. The quantitative estimate of drug-likeness (QED) is 0.430. The Kier molecular flexibility index (Phi) is 7.35. The van der Waals surface area contributed by atoms with E-state index in [1.165, 1.54) is 12.8 Å². The van der Waals surface area contributed by atoms with Crippen LogP contribution in [0.2, 0.25) is 0 Å². The molecule has 0 radical (unpaired) electrons. The summed E-state index contributed by atoms with van der Waals surface area (Å²) >= 11 is 0. The summed E-state index contributed by atoms with van der Waals surface area (Å²) in [5.41, 5.74) is 1.52. The summed E-state index contributed by atoms with van der Waals surface area (Å²) in [6, 6.07) is 8.00. The van der Waals surface area contributed by atoms with Crippen LogP contribution in [0.3, 0.4) is 0 Å². The van der Waals surface area contributed by atoms with Crippen LogP contribution < -0.4 is 10.1 Å². The summed E-state index contributed by atoms with van der Waals surface area (Å²) < 4.78 is 16.6. The van der Waals surface area contributed by atoms with Crippen molar-refractivity contribution in [2.75, 3.05) is 53.1 Å². The number of nitrogens with zero attached hydrogens (tertiary/aromatic N) is 2. The second kappa shape index (κ2) is 9.95. The zero-order valence-corrected chi connectivity index (χ0v) is 16.7. The molecular formula is C21H33N3O3. The Labute approximate surface area is 162 Å². The van der Waals surface area contributed by atoms with Gasteiger partial charge in [0.2, 0.25) is 0 Å². The fourth-order valence-corrected chi connectivity index (χ4v) is 3.78. The molecule has 1 aromatic carbocycles. The highest BCUT2D eigenvalue weighted by Gasteiger charge is 2.42. The number of nitrogens with one attached hydrogen (secondary N) is 1. The van der Waals surface area contributed by atoms with E-state index in [1.54, 1.807) is 7.11 Å². The van der Waals surface area contributed by atoms with Crippen molar-refractivity contribution < 1.29 is 14.2 Å². The average Bonchev–Trinajstić information content (AvgIpc) is 3.34. The van der Waals surface area contributed by atoms with E-state index in [9.17, 15) is 0 Å². The third-order valence-corrected chi connectivity index (χ3v) is 5.39. The van der Waals surface area contributed by atoms with E-state index >= 15 is 0 Å². The Morgan fingerprint density at radius 2 is 2.15 bits per heavy atom. The highest BCUT2D eigenvalue weighted by atomic mass is 16.5. The zero-order chi connectivity index (χ0) is 19.0. The van der Waals surface area contributed by atoms with Crippen molar-refractivity contribution in [2.24, 2.45) is 10.4 Å². The van der Waals surface area contributed by atoms with Crippen molar-refractivity contribution in [1.29, 1.82) is 0 Å². The molecule has 0 aliphatic carbocycles. The van der Waals surface area contributed by atoms with Crippen LogP contribution in [0.25, 0.3) is 0 Å². The molecule has 6 heteroatoms. The fourth-order valence-electron chi connectivity index (χ4n) is 3.78. The maximum Gasteiger partial charge on any atom is 0.193 e. The Morgan fingerprint density at radius 3 is 2.85 bits per heavy atom. The summed E-state index contributed by atoms with van der Waals surface area (Å²) in [5.74, 6) is 1.91. The number of aliphatic imine (C=N–C) groups is 1. The lowest BCUT2D eigenvalue weighted by molar-refractivity contribution is 0.120. The minimum atomic E-state index is 0.359. The first-order chi connectivity index (χ1) is 13.2. The van der Waals surface area contributed by atoms with Crippen LogP contribution in [-0.2, 0) is 16.1 Å². The lowest BCUT2D eigenvalue weighted by Crippen LogP contribution is -2.41. The van der Waals surface area contributed by atoms with Crippen molar-refractivity contribution in [3.63, 3.8) is 0 Å². The van der Waals surface area contributed by atoms with Gasteiger partial charge in [0, 0.05) is 44.8 Å². The number of guanidine groups is 1. The van der Waals surface area contributed by atoms with Crippen LogP contribution in [0.1, 0.15) is 31.7 Å². The molecule has 2 aliphatic rings. The highest BCUT2D eigenvalue weighted by Crippen LogP contribution is 2.38. The third kappa shape index (κ3) is 5.59.